The van der Waals surface area contributed by atoms with Crippen LogP contribution in [0.25, 0.3) is 0 Å². The van der Waals surface area contributed by atoms with Crippen molar-refractivity contribution < 1.29 is 19.4 Å². The Kier molecular flexibility index (Phi) is 5.34. The van der Waals surface area contributed by atoms with Crippen LogP contribution < -0.4 is 4.74 Å². The van der Waals surface area contributed by atoms with Crippen molar-refractivity contribution in [2.75, 3.05) is 7.11 Å². The minimum Gasteiger partial charge on any atom is -0.489 e. The molecule has 0 fully saturated rings. The Morgan fingerprint density at radius 1 is 0.846 bits per heavy atom. The fourth-order valence-corrected chi connectivity index (χ4v) is 2.76. The Morgan fingerprint density at radius 2 is 1.38 bits per heavy atom. The highest BCUT2D eigenvalue weighted by Crippen LogP contribution is 2.32. The van der Waals surface area contributed by atoms with Gasteiger partial charge in [-0.15, -0.1) is 0 Å². The predicted octanol–water partition coefficient (Wildman–Crippen LogP) is 3.67. The zero-order chi connectivity index (χ0) is 18.4. The molecule has 3 aromatic rings. The zero-order valence-corrected chi connectivity index (χ0v) is 14.5. The second-order valence-electron chi connectivity index (χ2n) is 5.87. The van der Waals surface area contributed by atoms with Crippen LogP contribution >= 0.6 is 0 Å². The van der Waals surface area contributed by atoms with E-state index in [2.05, 4.69) is 0 Å². The number of benzene rings is 3. The van der Waals surface area contributed by atoms with Crippen molar-refractivity contribution in [3.63, 3.8) is 0 Å². The van der Waals surface area contributed by atoms with Gasteiger partial charge in [-0.05, 0) is 28.8 Å². The van der Waals surface area contributed by atoms with Crippen LogP contribution in [0.5, 0.6) is 5.75 Å². The molecule has 0 aliphatic heterocycles. The highest BCUT2D eigenvalue weighted by Gasteiger charge is 2.41. The topological polar surface area (TPSA) is 55.8 Å². The predicted molar refractivity (Wildman–Crippen MR) is 98.7 cm³/mol. The van der Waals surface area contributed by atoms with Gasteiger partial charge >= 0.3 is 5.97 Å². The fraction of sp³-hybridized carbons (Fsp3) is 0.136. The Hall–Kier alpha value is -3.11. The van der Waals surface area contributed by atoms with Crippen LogP contribution in [-0.2, 0) is 21.7 Å². The lowest BCUT2D eigenvalue weighted by Crippen LogP contribution is -2.37. The molecule has 0 spiro atoms. The number of carbonyl (C=O) groups is 1. The number of ether oxygens (including phenoxy) is 2. The molecule has 0 heterocycles. The lowest BCUT2D eigenvalue weighted by Gasteiger charge is -2.26. The molecule has 4 nitrogen and oxygen atoms in total. The summed E-state index contributed by atoms with van der Waals surface area (Å²) in [6, 6.07) is 25.4. The van der Waals surface area contributed by atoms with Gasteiger partial charge < -0.3 is 14.6 Å². The average molecular weight is 348 g/mol. The SMILES string of the molecule is COC(=O)C(O)(c1ccccc1)c1ccc(OCc2ccccc2)cc1. The molecule has 0 bridgehead atoms. The van der Waals surface area contributed by atoms with Gasteiger partial charge in [0.25, 0.3) is 0 Å². The van der Waals surface area contributed by atoms with Crippen LogP contribution in [-0.4, -0.2) is 18.2 Å². The van der Waals surface area contributed by atoms with Crippen LogP contribution in [0, 0.1) is 0 Å². The van der Waals surface area contributed by atoms with Gasteiger partial charge in [-0.1, -0.05) is 72.8 Å². The van der Waals surface area contributed by atoms with E-state index in [9.17, 15) is 9.90 Å². The summed E-state index contributed by atoms with van der Waals surface area (Å²) < 4.78 is 10.6. The van der Waals surface area contributed by atoms with E-state index < -0.39 is 11.6 Å². The summed E-state index contributed by atoms with van der Waals surface area (Å²) in [6.07, 6.45) is 0. The van der Waals surface area contributed by atoms with Gasteiger partial charge in [0.2, 0.25) is 5.60 Å². The van der Waals surface area contributed by atoms with E-state index in [0.717, 1.165) is 5.56 Å². The molecule has 0 aliphatic carbocycles. The quantitative estimate of drug-likeness (QED) is 0.691. The molecule has 132 valence electrons. The lowest BCUT2D eigenvalue weighted by atomic mass is 9.86. The average Bonchev–Trinajstić information content (AvgIpc) is 2.73. The minimum absolute atomic E-state index is 0.419. The molecule has 4 heteroatoms. The number of rotatable bonds is 6. The van der Waals surface area contributed by atoms with E-state index in [4.69, 9.17) is 9.47 Å². The summed E-state index contributed by atoms with van der Waals surface area (Å²) in [5.41, 5.74) is 0.0629. The second kappa shape index (κ2) is 7.85. The summed E-state index contributed by atoms with van der Waals surface area (Å²) in [5.74, 6) is -0.0838. The fourth-order valence-electron chi connectivity index (χ4n) is 2.76. The van der Waals surface area contributed by atoms with Crippen molar-refractivity contribution >= 4 is 5.97 Å². The van der Waals surface area contributed by atoms with Gasteiger partial charge in [0, 0.05) is 0 Å². The number of esters is 1. The van der Waals surface area contributed by atoms with E-state index in [1.165, 1.54) is 7.11 Å². The lowest BCUT2D eigenvalue weighted by molar-refractivity contribution is -0.158. The molecular weight excluding hydrogens is 328 g/mol. The molecule has 0 aliphatic rings. The smallest absolute Gasteiger partial charge is 0.347 e. The van der Waals surface area contributed by atoms with Crippen molar-refractivity contribution in [1.29, 1.82) is 0 Å². The van der Waals surface area contributed by atoms with Crippen LogP contribution in [0.4, 0.5) is 0 Å². The number of methoxy groups -OCH3 is 1. The van der Waals surface area contributed by atoms with Crippen molar-refractivity contribution in [1.82, 2.24) is 0 Å². The Morgan fingerprint density at radius 3 is 1.96 bits per heavy atom. The molecule has 1 N–H and O–H groups in total. The van der Waals surface area contributed by atoms with E-state index in [-0.39, 0.29) is 0 Å². The Balaban J connectivity index is 1.84. The Bertz CT molecular complexity index is 844. The van der Waals surface area contributed by atoms with E-state index >= 15 is 0 Å². The monoisotopic (exact) mass is 348 g/mol. The minimum atomic E-state index is -1.87. The molecule has 0 saturated carbocycles. The van der Waals surface area contributed by atoms with Gasteiger partial charge in [-0.3, -0.25) is 0 Å². The summed E-state index contributed by atoms with van der Waals surface area (Å²) in [6.45, 7) is 0.445. The van der Waals surface area contributed by atoms with Crippen LogP contribution in [0.2, 0.25) is 0 Å². The molecule has 1 atom stereocenters. The van der Waals surface area contributed by atoms with E-state index in [1.807, 2.05) is 36.4 Å². The summed E-state index contributed by atoms with van der Waals surface area (Å²) in [4.78, 5) is 12.3. The summed E-state index contributed by atoms with van der Waals surface area (Å²) in [5, 5.41) is 11.1. The zero-order valence-electron chi connectivity index (χ0n) is 14.5. The number of aliphatic hydroxyl groups is 1. The third kappa shape index (κ3) is 3.60. The first kappa shape index (κ1) is 17.7. The molecule has 0 radical (unpaired) electrons. The first-order valence-electron chi connectivity index (χ1n) is 8.28. The standard InChI is InChI=1S/C22H20O4/c1-25-21(23)22(24,18-10-6-3-7-11-18)19-12-14-20(15-13-19)26-16-17-8-4-2-5-9-17/h2-15,24H,16H2,1H3. The molecular formula is C22H20O4. The van der Waals surface area contributed by atoms with Gasteiger partial charge in [0.15, 0.2) is 0 Å². The van der Waals surface area contributed by atoms with Crippen LogP contribution in [0.15, 0.2) is 84.9 Å². The van der Waals surface area contributed by atoms with Gasteiger partial charge in [-0.2, -0.15) is 0 Å². The second-order valence-corrected chi connectivity index (χ2v) is 5.87. The van der Waals surface area contributed by atoms with Crippen molar-refractivity contribution in [2.45, 2.75) is 12.2 Å². The summed E-state index contributed by atoms with van der Waals surface area (Å²) >= 11 is 0. The normalized spacial score (nSPS) is 12.8. The first-order valence-corrected chi connectivity index (χ1v) is 8.28. The highest BCUT2D eigenvalue weighted by atomic mass is 16.5. The van der Waals surface area contributed by atoms with Gasteiger partial charge in [0.1, 0.15) is 12.4 Å². The van der Waals surface area contributed by atoms with Crippen molar-refractivity contribution in [2.24, 2.45) is 0 Å². The van der Waals surface area contributed by atoms with Crippen LogP contribution in [0.3, 0.4) is 0 Å². The molecule has 26 heavy (non-hydrogen) atoms. The van der Waals surface area contributed by atoms with Crippen LogP contribution in [0.1, 0.15) is 16.7 Å². The first-order chi connectivity index (χ1) is 12.6. The summed E-state index contributed by atoms with van der Waals surface area (Å²) in [7, 11) is 1.26. The third-order valence-electron chi connectivity index (χ3n) is 4.19. The molecule has 3 aromatic carbocycles. The van der Waals surface area contributed by atoms with Crippen molar-refractivity contribution in [3.05, 3.63) is 102 Å². The number of hydrogen-bond acceptors (Lipinski definition) is 4. The molecule has 0 amide bonds. The number of hydrogen-bond donors (Lipinski definition) is 1. The number of carbonyl (C=O) groups excluding carboxylic acids is 1. The molecule has 3 rings (SSSR count). The molecule has 0 saturated heterocycles. The maximum atomic E-state index is 12.3. The van der Waals surface area contributed by atoms with Gasteiger partial charge in [-0.25, -0.2) is 4.79 Å². The molecule has 0 aromatic heterocycles. The highest BCUT2D eigenvalue weighted by molar-refractivity contribution is 5.85. The van der Waals surface area contributed by atoms with Crippen molar-refractivity contribution in [3.8, 4) is 5.75 Å². The molecule has 1 unspecified atom stereocenters. The van der Waals surface area contributed by atoms with E-state index in [0.29, 0.717) is 23.5 Å². The largest absolute Gasteiger partial charge is 0.489 e. The maximum Gasteiger partial charge on any atom is 0.347 e. The maximum absolute atomic E-state index is 12.3. The third-order valence-corrected chi connectivity index (χ3v) is 4.19. The van der Waals surface area contributed by atoms with E-state index in [1.54, 1.807) is 48.5 Å². The van der Waals surface area contributed by atoms with Gasteiger partial charge in [0.05, 0.1) is 7.11 Å². The Labute approximate surface area is 152 Å².